The third-order valence-electron chi connectivity index (χ3n) is 5.14. The molecule has 8 heteroatoms. The first-order chi connectivity index (χ1) is 15.1. The van der Waals surface area contributed by atoms with Gasteiger partial charge in [0.05, 0.1) is 38.0 Å². The quantitative estimate of drug-likeness (QED) is 0.627. The fourth-order valence-electron chi connectivity index (χ4n) is 3.69. The van der Waals surface area contributed by atoms with Gasteiger partial charge in [0.1, 0.15) is 17.4 Å². The molecule has 1 atom stereocenters. The van der Waals surface area contributed by atoms with E-state index in [1.165, 1.54) is 0 Å². The number of allylic oxidation sites excluding steroid dienone is 1. The number of hydrogen-bond donors (Lipinski definition) is 2. The van der Waals surface area contributed by atoms with E-state index in [4.69, 9.17) is 24.7 Å². The third kappa shape index (κ3) is 3.51. The zero-order valence-electron chi connectivity index (χ0n) is 17.4. The summed E-state index contributed by atoms with van der Waals surface area (Å²) in [5, 5.41) is 17.2. The minimum Gasteiger partial charge on any atom is -0.497 e. The number of nitrogens with two attached hydrogens (primary N) is 1. The predicted molar refractivity (Wildman–Crippen MR) is 114 cm³/mol. The van der Waals surface area contributed by atoms with E-state index in [0.717, 1.165) is 22.4 Å². The molecule has 0 fully saturated rings. The second kappa shape index (κ2) is 8.32. The van der Waals surface area contributed by atoms with Crippen LogP contribution in [0.3, 0.4) is 0 Å². The van der Waals surface area contributed by atoms with Crippen LogP contribution in [0, 0.1) is 11.3 Å². The van der Waals surface area contributed by atoms with E-state index in [1.54, 1.807) is 14.2 Å². The standard InChI is InChI=1S/C23H22N4O4/c1-4-30-17-10-7-14(11-18(17)29-3)21-20-19(13-5-8-15(28-2)9-6-13)16(12-24)22(25)31-23(20)27-26-21/h5-11,19H,4,25H2,1-3H3,(H,26,27)/t19-/m1/s1. The van der Waals surface area contributed by atoms with Gasteiger partial charge in [-0.05, 0) is 42.8 Å². The molecule has 0 unspecified atom stereocenters. The Labute approximate surface area is 179 Å². The summed E-state index contributed by atoms with van der Waals surface area (Å²) < 4.78 is 22.0. The van der Waals surface area contributed by atoms with Crippen LogP contribution in [0.1, 0.15) is 24.0 Å². The van der Waals surface area contributed by atoms with Crippen LogP contribution in [0.25, 0.3) is 11.3 Å². The number of benzene rings is 2. The Balaban J connectivity index is 1.87. The van der Waals surface area contributed by atoms with Gasteiger partial charge in [0.25, 0.3) is 0 Å². The summed E-state index contributed by atoms with van der Waals surface area (Å²) in [6.45, 7) is 2.44. The van der Waals surface area contributed by atoms with Gasteiger partial charge in [-0.15, -0.1) is 5.10 Å². The minimum absolute atomic E-state index is 0.0399. The number of methoxy groups -OCH3 is 2. The lowest BCUT2D eigenvalue weighted by molar-refractivity contribution is 0.311. The summed E-state index contributed by atoms with van der Waals surface area (Å²) in [6, 6.07) is 15.3. The summed E-state index contributed by atoms with van der Waals surface area (Å²) in [4.78, 5) is 0. The number of H-pyrrole nitrogens is 1. The van der Waals surface area contributed by atoms with Crippen molar-refractivity contribution in [3.63, 3.8) is 0 Å². The number of nitrogens with zero attached hydrogens (tertiary/aromatic N) is 2. The van der Waals surface area contributed by atoms with Gasteiger partial charge in [-0.2, -0.15) is 5.26 Å². The first-order valence-electron chi connectivity index (χ1n) is 9.72. The highest BCUT2D eigenvalue weighted by atomic mass is 16.5. The van der Waals surface area contributed by atoms with Gasteiger partial charge in [0.15, 0.2) is 11.5 Å². The summed E-state index contributed by atoms with van der Waals surface area (Å²) in [5.74, 6) is 1.88. The molecule has 31 heavy (non-hydrogen) atoms. The molecular formula is C23H22N4O4. The topological polar surface area (TPSA) is 115 Å². The van der Waals surface area contributed by atoms with Crippen LogP contribution in [-0.4, -0.2) is 31.0 Å². The summed E-state index contributed by atoms with van der Waals surface area (Å²) in [5.41, 5.74) is 9.48. The van der Waals surface area contributed by atoms with Gasteiger partial charge in [-0.25, -0.2) is 0 Å². The molecule has 0 bridgehead atoms. The minimum atomic E-state index is -0.453. The number of ether oxygens (including phenoxy) is 4. The van der Waals surface area contributed by atoms with Crippen molar-refractivity contribution < 1.29 is 18.9 Å². The summed E-state index contributed by atoms with van der Waals surface area (Å²) in [6.07, 6.45) is 0. The van der Waals surface area contributed by atoms with Crippen LogP contribution < -0.4 is 24.7 Å². The second-order valence-corrected chi connectivity index (χ2v) is 6.81. The van der Waals surface area contributed by atoms with Gasteiger partial charge in [0, 0.05) is 5.56 Å². The maximum absolute atomic E-state index is 9.84. The highest BCUT2D eigenvalue weighted by Crippen LogP contribution is 2.46. The molecule has 0 aliphatic carbocycles. The summed E-state index contributed by atoms with van der Waals surface area (Å²) >= 11 is 0. The first kappa shape index (κ1) is 20.2. The molecule has 1 aliphatic rings. The number of hydrogen-bond acceptors (Lipinski definition) is 7. The van der Waals surface area contributed by atoms with E-state index in [2.05, 4.69) is 16.3 Å². The smallest absolute Gasteiger partial charge is 0.244 e. The van der Waals surface area contributed by atoms with Crippen molar-refractivity contribution in [2.75, 3.05) is 20.8 Å². The van der Waals surface area contributed by atoms with Crippen molar-refractivity contribution in [3.05, 3.63) is 65.0 Å². The third-order valence-corrected chi connectivity index (χ3v) is 5.14. The molecular weight excluding hydrogens is 396 g/mol. The van der Waals surface area contributed by atoms with Crippen molar-refractivity contribution in [2.24, 2.45) is 5.73 Å². The molecule has 0 saturated heterocycles. The lowest BCUT2D eigenvalue weighted by Crippen LogP contribution is -2.21. The van der Waals surface area contributed by atoms with Gasteiger partial charge >= 0.3 is 0 Å². The molecule has 0 saturated carbocycles. The van der Waals surface area contributed by atoms with Crippen LogP contribution in [0.4, 0.5) is 0 Å². The molecule has 0 amide bonds. The monoisotopic (exact) mass is 418 g/mol. The number of aromatic nitrogens is 2. The molecule has 2 aromatic carbocycles. The Morgan fingerprint density at radius 3 is 2.55 bits per heavy atom. The first-order valence-corrected chi connectivity index (χ1v) is 9.72. The molecule has 1 aromatic heterocycles. The number of fused-ring (bicyclic) bond motifs is 1. The molecule has 4 rings (SSSR count). The molecule has 3 N–H and O–H groups in total. The zero-order valence-corrected chi connectivity index (χ0v) is 17.4. The van der Waals surface area contributed by atoms with E-state index >= 15 is 0 Å². The number of nitriles is 1. The fraction of sp³-hybridized carbons (Fsp3) is 0.217. The molecule has 158 valence electrons. The normalized spacial score (nSPS) is 15.0. The average Bonchev–Trinajstić information content (AvgIpc) is 3.22. The molecule has 0 radical (unpaired) electrons. The number of rotatable bonds is 6. The molecule has 1 aliphatic heterocycles. The Morgan fingerprint density at radius 1 is 1.13 bits per heavy atom. The Hall–Kier alpha value is -4.12. The van der Waals surface area contributed by atoms with Crippen LogP contribution in [-0.2, 0) is 0 Å². The lowest BCUT2D eigenvalue weighted by Gasteiger charge is -2.24. The number of nitrogens with one attached hydrogen (secondary N) is 1. The molecule has 0 spiro atoms. The van der Waals surface area contributed by atoms with Crippen LogP contribution in [0.2, 0.25) is 0 Å². The van der Waals surface area contributed by atoms with Crippen LogP contribution in [0.5, 0.6) is 23.1 Å². The molecule has 8 nitrogen and oxygen atoms in total. The van der Waals surface area contributed by atoms with Gasteiger partial charge in [-0.1, -0.05) is 12.1 Å². The maximum Gasteiger partial charge on any atom is 0.244 e. The van der Waals surface area contributed by atoms with E-state index in [1.807, 2.05) is 49.4 Å². The predicted octanol–water partition coefficient (Wildman–Crippen LogP) is 3.71. The van der Waals surface area contributed by atoms with Crippen molar-refractivity contribution in [1.29, 1.82) is 5.26 Å². The van der Waals surface area contributed by atoms with Crippen molar-refractivity contribution in [2.45, 2.75) is 12.8 Å². The van der Waals surface area contributed by atoms with Gasteiger partial charge in [-0.3, -0.25) is 5.10 Å². The Kier molecular flexibility index (Phi) is 5.41. The van der Waals surface area contributed by atoms with E-state index in [0.29, 0.717) is 35.3 Å². The maximum atomic E-state index is 9.84. The Bertz CT molecular complexity index is 1180. The molecule has 3 aromatic rings. The van der Waals surface area contributed by atoms with Gasteiger partial charge in [0.2, 0.25) is 11.8 Å². The largest absolute Gasteiger partial charge is 0.497 e. The lowest BCUT2D eigenvalue weighted by atomic mass is 9.83. The van der Waals surface area contributed by atoms with E-state index in [-0.39, 0.29) is 5.88 Å². The van der Waals surface area contributed by atoms with Crippen molar-refractivity contribution in [3.8, 4) is 40.5 Å². The SMILES string of the molecule is CCOc1ccc(-c2[nH]nc3c2[C@H](c2ccc(OC)cc2)C(C#N)=C(N)O3)cc1OC. The van der Waals surface area contributed by atoms with E-state index in [9.17, 15) is 5.26 Å². The van der Waals surface area contributed by atoms with E-state index < -0.39 is 5.92 Å². The summed E-state index contributed by atoms with van der Waals surface area (Å²) in [7, 11) is 3.19. The van der Waals surface area contributed by atoms with Crippen LogP contribution >= 0.6 is 0 Å². The fourth-order valence-corrected chi connectivity index (χ4v) is 3.69. The molecule has 2 heterocycles. The number of aromatic amines is 1. The second-order valence-electron chi connectivity index (χ2n) is 6.81. The highest BCUT2D eigenvalue weighted by Gasteiger charge is 2.35. The van der Waals surface area contributed by atoms with Crippen LogP contribution in [0.15, 0.2) is 53.9 Å². The zero-order chi connectivity index (χ0) is 22.0. The van der Waals surface area contributed by atoms with Crippen molar-refractivity contribution in [1.82, 2.24) is 10.2 Å². The highest BCUT2D eigenvalue weighted by molar-refractivity contribution is 5.73. The Morgan fingerprint density at radius 2 is 1.90 bits per heavy atom. The average molecular weight is 418 g/mol. The van der Waals surface area contributed by atoms with Crippen molar-refractivity contribution >= 4 is 0 Å². The van der Waals surface area contributed by atoms with Gasteiger partial charge < -0.3 is 24.7 Å².